The highest BCUT2D eigenvalue weighted by Crippen LogP contribution is 2.04. The molecule has 6 heteroatoms. The molecule has 1 unspecified atom stereocenters. The van der Waals surface area contributed by atoms with Crippen molar-refractivity contribution in [2.24, 2.45) is 0 Å². The number of hydrogen-bond acceptors (Lipinski definition) is 4. The number of carbonyl (C=O) groups is 1. The molecule has 1 fully saturated rings. The van der Waals surface area contributed by atoms with Gasteiger partial charge in [0.05, 0.1) is 4.76 Å². The van der Waals surface area contributed by atoms with Crippen molar-refractivity contribution in [2.75, 3.05) is 13.2 Å². The minimum Gasteiger partial charge on any atom is -0.372 e. The Labute approximate surface area is 72.3 Å². The third-order valence-electron chi connectivity index (χ3n) is 1.33. The number of esters is 1. The molecular weight excluding hydrogens is 178 g/mol. The first-order valence-electron chi connectivity index (χ1n) is 3.62. The molecule has 1 aliphatic heterocycles. The first-order valence-corrected chi connectivity index (χ1v) is 4.78. The molecule has 0 saturated carbocycles. The number of carbonyl (C=O) groups excluding carboxylic acids is 1. The molecule has 5 nitrogen and oxygen atoms in total. The molecule has 1 rings (SSSR count). The normalized spacial score (nSPS) is 23.7. The van der Waals surface area contributed by atoms with Gasteiger partial charge in [-0.25, -0.2) is 4.79 Å². The Hall–Kier alpha value is -1.01. The van der Waals surface area contributed by atoms with Crippen LogP contribution in [0.2, 0.25) is 0 Å². The van der Waals surface area contributed by atoms with Gasteiger partial charge < -0.3 is 4.74 Å². The Bertz CT molecular complexity index is 228. The lowest BCUT2D eigenvalue weighted by atomic mass is 10.6. The van der Waals surface area contributed by atoms with Gasteiger partial charge in [-0.05, 0) is 0 Å². The first-order chi connectivity index (χ1) is 5.74. The molecule has 0 radical (unpaired) electrons. The van der Waals surface area contributed by atoms with Gasteiger partial charge in [0.25, 0.3) is 0 Å². The number of hydrogen-bond donors (Lipinski definition) is 0. The van der Waals surface area contributed by atoms with E-state index in [1.54, 1.807) is 5.70 Å². The number of nitrogens with zero attached hydrogens (tertiary/aromatic N) is 1. The van der Waals surface area contributed by atoms with Gasteiger partial charge >= 0.3 is 12.4 Å². The van der Waals surface area contributed by atoms with E-state index in [0.717, 1.165) is 10.2 Å². The summed E-state index contributed by atoms with van der Waals surface area (Å²) in [6.07, 6.45) is 0.247. The molecule has 0 bridgehead atoms. The maximum absolute atomic E-state index is 10.8. The molecule has 1 aliphatic rings. The summed E-state index contributed by atoms with van der Waals surface area (Å²) in [4.78, 5) is 21.6. The monoisotopic (exact) mass is 188 g/mol. The highest BCUT2D eigenvalue weighted by atomic mass is 28.1. The zero-order chi connectivity index (χ0) is 8.97. The maximum atomic E-state index is 10.8. The average molecular weight is 188 g/mol. The van der Waals surface area contributed by atoms with Crippen LogP contribution in [0, 0.1) is 4.91 Å². The Morgan fingerprint density at radius 2 is 2.50 bits per heavy atom. The Morgan fingerprint density at radius 1 is 1.75 bits per heavy atom. The van der Waals surface area contributed by atoms with Gasteiger partial charge in [-0.15, -0.1) is 0 Å². The maximum Gasteiger partial charge on any atom is 0.466 e. The molecule has 0 N–H and O–H groups in total. The molecule has 0 amide bonds. The third-order valence-corrected chi connectivity index (χ3v) is 1.66. The van der Waals surface area contributed by atoms with Crippen LogP contribution in [0.3, 0.4) is 0 Å². The topological polar surface area (TPSA) is 55.6 Å². The number of nitroso groups, excluding NO2 is 1. The summed E-state index contributed by atoms with van der Waals surface area (Å²) in [5, 5.41) is 0. The SMILES string of the molecule is O=C(C=C[SiH3])OC1OCC[N+]1=O. The van der Waals surface area contributed by atoms with Crippen LogP contribution in [0.4, 0.5) is 0 Å². The zero-order valence-electron chi connectivity index (χ0n) is 6.73. The van der Waals surface area contributed by atoms with E-state index in [1.165, 1.54) is 6.08 Å². The molecule has 0 aromatic heterocycles. The molecule has 12 heavy (non-hydrogen) atoms. The van der Waals surface area contributed by atoms with Crippen LogP contribution in [0.25, 0.3) is 0 Å². The van der Waals surface area contributed by atoms with Gasteiger partial charge in [0, 0.05) is 21.2 Å². The van der Waals surface area contributed by atoms with Gasteiger partial charge in [0.1, 0.15) is 6.61 Å². The fraction of sp³-hybridized carbons (Fsp3) is 0.500. The van der Waals surface area contributed by atoms with E-state index in [0.29, 0.717) is 11.4 Å². The van der Waals surface area contributed by atoms with E-state index >= 15 is 0 Å². The fourth-order valence-electron chi connectivity index (χ4n) is 0.800. The van der Waals surface area contributed by atoms with Crippen molar-refractivity contribution in [3.63, 3.8) is 0 Å². The van der Waals surface area contributed by atoms with Crippen LogP contribution in [-0.2, 0) is 14.3 Å². The molecule has 1 heterocycles. The van der Waals surface area contributed by atoms with Crippen molar-refractivity contribution in [1.29, 1.82) is 0 Å². The summed E-state index contributed by atoms with van der Waals surface area (Å²) >= 11 is 0. The molecular formula is C6H10NO4Si+. The van der Waals surface area contributed by atoms with Gasteiger partial charge in [0.2, 0.25) is 6.54 Å². The standard InChI is InChI=1S/C6H10NO4Si/c8-5(1-4-12)11-6-7(9)2-3-10-6/h1,4,6H,2-3H2,12H3/q+1. The predicted molar refractivity (Wildman–Crippen MR) is 43.4 cm³/mol. The van der Waals surface area contributed by atoms with E-state index in [1.807, 2.05) is 0 Å². The summed E-state index contributed by atoms with van der Waals surface area (Å²) in [7, 11) is 0.787. The van der Waals surface area contributed by atoms with Crippen molar-refractivity contribution in [2.45, 2.75) is 6.41 Å². The largest absolute Gasteiger partial charge is 0.466 e. The van der Waals surface area contributed by atoms with Gasteiger partial charge in [-0.2, -0.15) is 0 Å². The Kier molecular flexibility index (Phi) is 3.12. The minimum absolute atomic E-state index is 0.253. The lowest BCUT2D eigenvalue weighted by Gasteiger charge is -1.99. The van der Waals surface area contributed by atoms with Crippen LogP contribution >= 0.6 is 0 Å². The van der Waals surface area contributed by atoms with Crippen LogP contribution < -0.4 is 0 Å². The van der Waals surface area contributed by atoms with E-state index in [9.17, 15) is 9.70 Å². The van der Waals surface area contributed by atoms with Crippen LogP contribution in [0.5, 0.6) is 0 Å². The molecule has 0 spiro atoms. The second kappa shape index (κ2) is 4.12. The average Bonchev–Trinajstić information content (AvgIpc) is 2.37. The minimum atomic E-state index is -1.05. The van der Waals surface area contributed by atoms with E-state index in [4.69, 9.17) is 4.74 Å². The van der Waals surface area contributed by atoms with Gasteiger partial charge in [0.15, 0.2) is 0 Å². The Balaban J connectivity index is 2.40. The Morgan fingerprint density at radius 3 is 3.00 bits per heavy atom. The van der Waals surface area contributed by atoms with Crippen molar-refractivity contribution in [3.8, 4) is 0 Å². The molecule has 1 saturated heterocycles. The summed E-state index contributed by atoms with van der Waals surface area (Å²) in [5.41, 5.74) is 1.67. The van der Waals surface area contributed by atoms with E-state index in [-0.39, 0.29) is 6.54 Å². The van der Waals surface area contributed by atoms with Crippen LogP contribution in [0.1, 0.15) is 0 Å². The van der Waals surface area contributed by atoms with Crippen molar-refractivity contribution in [1.82, 2.24) is 0 Å². The lowest BCUT2D eigenvalue weighted by Crippen LogP contribution is -2.24. The summed E-state index contributed by atoms with van der Waals surface area (Å²) in [5.74, 6) is -0.530. The summed E-state index contributed by atoms with van der Waals surface area (Å²) in [6, 6.07) is 0. The van der Waals surface area contributed by atoms with E-state index in [2.05, 4.69) is 4.74 Å². The number of rotatable bonds is 2. The third kappa shape index (κ3) is 2.24. The molecule has 66 valence electrons. The molecule has 0 aromatic carbocycles. The second-order valence-corrected chi connectivity index (χ2v) is 2.92. The predicted octanol–water partition coefficient (Wildman–Crippen LogP) is -1.50. The lowest BCUT2D eigenvalue weighted by molar-refractivity contribution is -0.632. The van der Waals surface area contributed by atoms with E-state index < -0.39 is 12.4 Å². The highest BCUT2D eigenvalue weighted by molar-refractivity contribution is 6.18. The van der Waals surface area contributed by atoms with Gasteiger partial charge in [-0.3, -0.25) is 4.74 Å². The van der Waals surface area contributed by atoms with Crippen molar-refractivity contribution in [3.05, 3.63) is 16.7 Å². The smallest absolute Gasteiger partial charge is 0.372 e. The molecule has 1 atom stereocenters. The van der Waals surface area contributed by atoms with Crippen LogP contribution in [-0.4, -0.2) is 40.5 Å². The van der Waals surface area contributed by atoms with Crippen LogP contribution in [0.15, 0.2) is 11.8 Å². The fourth-order valence-corrected chi connectivity index (χ4v) is 1.07. The van der Waals surface area contributed by atoms with Crippen molar-refractivity contribution >= 4 is 16.2 Å². The van der Waals surface area contributed by atoms with Crippen molar-refractivity contribution < 1.29 is 19.0 Å². The summed E-state index contributed by atoms with van der Waals surface area (Å²) < 4.78 is 10.1. The first kappa shape index (κ1) is 9.08. The zero-order valence-corrected chi connectivity index (χ0v) is 8.73. The number of ether oxygens (including phenoxy) is 2. The second-order valence-electron chi connectivity index (χ2n) is 2.26. The quantitative estimate of drug-likeness (QED) is 0.229. The summed E-state index contributed by atoms with van der Waals surface area (Å²) in [6.45, 7) is 0.564. The highest BCUT2D eigenvalue weighted by Gasteiger charge is 2.35. The molecule has 0 aliphatic carbocycles. The van der Waals surface area contributed by atoms with Gasteiger partial charge in [-0.1, -0.05) is 5.70 Å². The molecule has 0 aromatic rings.